The van der Waals surface area contributed by atoms with Crippen molar-refractivity contribution in [2.24, 2.45) is 0 Å². The van der Waals surface area contributed by atoms with Crippen molar-refractivity contribution in [3.05, 3.63) is 34.0 Å². The number of anilines is 1. The minimum Gasteiger partial charge on any atom is -0.480 e. The van der Waals surface area contributed by atoms with Crippen molar-refractivity contribution in [1.82, 2.24) is 4.90 Å². The van der Waals surface area contributed by atoms with Crippen LogP contribution in [0.1, 0.15) is 24.0 Å². The number of thiocarbonyl (C=S) groups is 1. The van der Waals surface area contributed by atoms with Gasteiger partial charge in [-0.15, -0.1) is 0 Å². The van der Waals surface area contributed by atoms with E-state index in [-0.39, 0.29) is 10.1 Å². The summed E-state index contributed by atoms with van der Waals surface area (Å²) >= 11 is 6.10. The molecule has 3 rings (SSSR count). The molecule has 5 nitrogen and oxygen atoms in total. The van der Waals surface area contributed by atoms with Crippen molar-refractivity contribution >= 4 is 51.9 Å². The van der Waals surface area contributed by atoms with Crippen molar-refractivity contribution < 1.29 is 19.1 Å². The third-order valence-corrected chi connectivity index (χ3v) is 5.61. The third-order valence-electron chi connectivity index (χ3n) is 4.24. The van der Waals surface area contributed by atoms with E-state index >= 15 is 0 Å². The molecule has 1 N–H and O–H groups in total. The van der Waals surface area contributed by atoms with E-state index in [9.17, 15) is 14.0 Å². The lowest BCUT2D eigenvalue weighted by molar-refractivity contribution is -0.140. The summed E-state index contributed by atoms with van der Waals surface area (Å²) in [6, 6.07) is 3.22. The van der Waals surface area contributed by atoms with E-state index in [0.717, 1.165) is 48.2 Å². The number of aliphatic carboxylic acids is 1. The Morgan fingerprint density at radius 3 is 2.72 bits per heavy atom. The van der Waals surface area contributed by atoms with Crippen molar-refractivity contribution in [3.8, 4) is 0 Å². The van der Waals surface area contributed by atoms with Crippen molar-refractivity contribution in [3.63, 3.8) is 0 Å². The SMILES string of the molecule is Cc1cc(N2CCCC2)c(F)cc1/C=C1/SC(=S)N(CC(=O)O)C1=O. The number of carbonyl (C=O) groups is 2. The van der Waals surface area contributed by atoms with Gasteiger partial charge in [0.1, 0.15) is 16.7 Å². The van der Waals surface area contributed by atoms with Gasteiger partial charge in [-0.1, -0.05) is 24.0 Å². The van der Waals surface area contributed by atoms with Crippen LogP contribution in [0.5, 0.6) is 0 Å². The number of thioether (sulfide) groups is 1. The molecule has 0 saturated carbocycles. The second-order valence-corrected chi connectivity index (χ2v) is 7.69. The third kappa shape index (κ3) is 3.69. The lowest BCUT2D eigenvalue weighted by atomic mass is 10.1. The van der Waals surface area contributed by atoms with Gasteiger partial charge < -0.3 is 10.0 Å². The number of halogens is 1. The lowest BCUT2D eigenvalue weighted by Crippen LogP contribution is -2.33. The summed E-state index contributed by atoms with van der Waals surface area (Å²) in [6.45, 7) is 3.10. The zero-order valence-corrected chi connectivity index (χ0v) is 15.3. The molecule has 0 aromatic heterocycles. The largest absolute Gasteiger partial charge is 0.480 e. The van der Waals surface area contributed by atoms with Crippen LogP contribution in [0.4, 0.5) is 10.1 Å². The smallest absolute Gasteiger partial charge is 0.323 e. The molecule has 1 aromatic carbocycles. The van der Waals surface area contributed by atoms with Crippen LogP contribution in [0.2, 0.25) is 0 Å². The van der Waals surface area contributed by atoms with Gasteiger partial charge >= 0.3 is 5.97 Å². The second-order valence-electron chi connectivity index (χ2n) is 6.02. The van der Waals surface area contributed by atoms with E-state index in [1.54, 1.807) is 12.1 Å². The number of benzene rings is 1. The first kappa shape index (κ1) is 17.9. The highest BCUT2D eigenvalue weighted by atomic mass is 32.2. The fraction of sp³-hybridized carbons (Fsp3) is 0.353. The van der Waals surface area contributed by atoms with Crippen LogP contribution >= 0.6 is 24.0 Å². The van der Waals surface area contributed by atoms with E-state index in [4.69, 9.17) is 17.3 Å². The van der Waals surface area contributed by atoms with Gasteiger partial charge in [0.15, 0.2) is 0 Å². The Morgan fingerprint density at radius 2 is 2.08 bits per heavy atom. The van der Waals surface area contributed by atoms with Crippen LogP contribution in [0.3, 0.4) is 0 Å². The van der Waals surface area contributed by atoms with Gasteiger partial charge in [0.25, 0.3) is 5.91 Å². The Balaban J connectivity index is 1.88. The summed E-state index contributed by atoms with van der Waals surface area (Å²) in [6.07, 6.45) is 3.70. The first-order valence-corrected chi connectivity index (χ1v) is 9.11. The van der Waals surface area contributed by atoms with Crippen molar-refractivity contribution in [1.29, 1.82) is 0 Å². The molecule has 8 heteroatoms. The van der Waals surface area contributed by atoms with Gasteiger partial charge in [0.2, 0.25) is 0 Å². The summed E-state index contributed by atoms with van der Waals surface area (Å²) in [5.74, 6) is -1.91. The lowest BCUT2D eigenvalue weighted by Gasteiger charge is -2.19. The molecule has 2 heterocycles. The number of carbonyl (C=O) groups excluding carboxylic acids is 1. The molecule has 2 saturated heterocycles. The van der Waals surface area contributed by atoms with Crippen LogP contribution in [0.15, 0.2) is 17.0 Å². The van der Waals surface area contributed by atoms with Crippen LogP contribution in [0, 0.1) is 12.7 Å². The van der Waals surface area contributed by atoms with Crippen molar-refractivity contribution in [2.45, 2.75) is 19.8 Å². The van der Waals surface area contributed by atoms with Gasteiger partial charge in [-0.2, -0.15) is 0 Å². The molecular formula is C17H17FN2O3S2. The molecule has 2 aliphatic heterocycles. The van der Waals surface area contributed by atoms with Gasteiger partial charge in [-0.3, -0.25) is 14.5 Å². The summed E-state index contributed by atoms with van der Waals surface area (Å²) in [5.41, 5.74) is 2.04. The summed E-state index contributed by atoms with van der Waals surface area (Å²) in [4.78, 5) is 26.5. The minimum absolute atomic E-state index is 0.200. The molecule has 0 spiro atoms. The molecule has 1 aromatic rings. The average Bonchev–Trinajstić information content (AvgIpc) is 3.15. The Hall–Kier alpha value is -1.93. The molecule has 0 unspecified atom stereocenters. The first-order chi connectivity index (χ1) is 11.9. The molecule has 2 aliphatic rings. The van der Waals surface area contributed by atoms with Gasteiger partial charge in [0, 0.05) is 13.1 Å². The Bertz CT molecular complexity index is 788. The normalized spacial score (nSPS) is 19.4. The molecule has 0 bridgehead atoms. The van der Waals surface area contributed by atoms with Crippen LogP contribution < -0.4 is 4.90 Å². The fourth-order valence-corrected chi connectivity index (χ4v) is 4.20. The zero-order chi connectivity index (χ0) is 18.1. The molecular weight excluding hydrogens is 363 g/mol. The second kappa shape index (κ2) is 7.13. The Morgan fingerprint density at radius 1 is 1.40 bits per heavy atom. The number of nitrogens with zero attached hydrogens (tertiary/aromatic N) is 2. The fourth-order valence-electron chi connectivity index (χ4n) is 2.95. The molecule has 25 heavy (non-hydrogen) atoms. The molecule has 1 amide bonds. The highest BCUT2D eigenvalue weighted by Crippen LogP contribution is 2.34. The average molecular weight is 380 g/mol. The number of rotatable bonds is 4. The minimum atomic E-state index is -1.13. The van der Waals surface area contributed by atoms with E-state index in [1.807, 2.05) is 11.8 Å². The van der Waals surface area contributed by atoms with Crippen molar-refractivity contribution in [2.75, 3.05) is 24.5 Å². The predicted molar refractivity (Wildman–Crippen MR) is 100 cm³/mol. The van der Waals surface area contributed by atoms with Gasteiger partial charge in [-0.05, 0) is 49.1 Å². The van der Waals surface area contributed by atoms with E-state index in [1.165, 1.54) is 6.07 Å². The highest BCUT2D eigenvalue weighted by Gasteiger charge is 2.33. The summed E-state index contributed by atoms with van der Waals surface area (Å²) < 4.78 is 14.7. The predicted octanol–water partition coefficient (Wildman–Crippen LogP) is 3.02. The molecule has 0 aliphatic carbocycles. The Kier molecular flexibility index (Phi) is 5.10. The quantitative estimate of drug-likeness (QED) is 0.640. The zero-order valence-electron chi connectivity index (χ0n) is 13.6. The van der Waals surface area contributed by atoms with Crippen LogP contribution in [-0.4, -0.2) is 45.8 Å². The molecule has 132 valence electrons. The molecule has 0 atom stereocenters. The maximum Gasteiger partial charge on any atom is 0.323 e. The van der Waals surface area contributed by atoms with Crippen LogP contribution in [0.25, 0.3) is 6.08 Å². The Labute approximate surface area is 154 Å². The number of amides is 1. The van der Waals surface area contributed by atoms with E-state index in [0.29, 0.717) is 16.2 Å². The molecule has 0 radical (unpaired) electrons. The molecule has 2 fully saturated rings. The van der Waals surface area contributed by atoms with E-state index in [2.05, 4.69) is 0 Å². The van der Waals surface area contributed by atoms with Gasteiger partial charge in [-0.25, -0.2) is 4.39 Å². The van der Waals surface area contributed by atoms with Gasteiger partial charge in [0.05, 0.1) is 10.6 Å². The van der Waals surface area contributed by atoms with E-state index < -0.39 is 18.4 Å². The summed E-state index contributed by atoms with van der Waals surface area (Å²) in [5, 5.41) is 8.86. The number of aryl methyl sites for hydroxylation is 1. The number of hydrogen-bond donors (Lipinski definition) is 1. The highest BCUT2D eigenvalue weighted by molar-refractivity contribution is 8.26. The summed E-state index contributed by atoms with van der Waals surface area (Å²) in [7, 11) is 0. The maximum atomic E-state index is 14.5. The van der Waals surface area contributed by atoms with Crippen LogP contribution in [-0.2, 0) is 9.59 Å². The number of hydrogen-bond acceptors (Lipinski definition) is 5. The first-order valence-electron chi connectivity index (χ1n) is 7.89. The maximum absolute atomic E-state index is 14.5. The monoisotopic (exact) mass is 380 g/mol. The number of carboxylic acid groups (broad SMARTS) is 1. The standard InChI is InChI=1S/C17H17FN2O3S2/c1-10-6-13(19-4-2-3-5-19)12(18)7-11(10)8-14-16(23)20(9-15(21)22)17(24)25-14/h6-8H,2-5,9H2,1H3,(H,21,22)/b14-8+. The topological polar surface area (TPSA) is 60.9 Å². The number of carboxylic acids is 1.